The van der Waals surface area contributed by atoms with Crippen LogP contribution < -0.4 is 5.32 Å². The van der Waals surface area contributed by atoms with E-state index in [4.69, 9.17) is 0 Å². The van der Waals surface area contributed by atoms with Crippen molar-refractivity contribution in [2.24, 2.45) is 11.3 Å². The molecule has 0 bridgehead atoms. The Bertz CT molecular complexity index is 404. The Hall–Kier alpha value is -0.820. The maximum absolute atomic E-state index is 3.60. The summed E-state index contributed by atoms with van der Waals surface area (Å²) in [6, 6.07) is 9.82. The zero-order valence-electron chi connectivity index (χ0n) is 13.7. The molecule has 1 aliphatic rings. The van der Waals surface area contributed by atoms with E-state index in [0.717, 1.165) is 18.8 Å². The van der Waals surface area contributed by atoms with E-state index >= 15 is 0 Å². The molecule has 0 aliphatic heterocycles. The largest absolute Gasteiger partial charge is 0.316 e. The van der Waals surface area contributed by atoms with Gasteiger partial charge in [0.1, 0.15) is 0 Å². The van der Waals surface area contributed by atoms with Crippen LogP contribution in [0.25, 0.3) is 0 Å². The van der Waals surface area contributed by atoms with Gasteiger partial charge >= 0.3 is 0 Å². The standard InChI is InChI=1S/C19H31N/c1-5-15-9-11-16(12-10-15)14-18(20-4)17-8-6-7-13-19(17,2)3/h9-12,17-18,20H,5-8,13-14H2,1-4H3. The molecule has 0 aromatic heterocycles. The van der Waals surface area contributed by atoms with Gasteiger partial charge in [-0.2, -0.15) is 0 Å². The number of benzene rings is 1. The molecule has 1 aromatic carbocycles. The average Bonchev–Trinajstić information content (AvgIpc) is 2.45. The lowest BCUT2D eigenvalue weighted by molar-refractivity contribution is 0.101. The summed E-state index contributed by atoms with van der Waals surface area (Å²) < 4.78 is 0. The summed E-state index contributed by atoms with van der Waals surface area (Å²) in [5.74, 6) is 0.798. The second-order valence-corrected chi connectivity index (χ2v) is 7.11. The molecule has 112 valence electrons. The van der Waals surface area contributed by atoms with Gasteiger partial charge in [-0.25, -0.2) is 0 Å². The number of likely N-dealkylation sites (N-methyl/N-ethyl adjacent to an activating group) is 1. The fraction of sp³-hybridized carbons (Fsp3) is 0.684. The first-order valence-electron chi connectivity index (χ1n) is 8.32. The van der Waals surface area contributed by atoms with Gasteiger partial charge in [0.25, 0.3) is 0 Å². The molecule has 0 radical (unpaired) electrons. The summed E-state index contributed by atoms with van der Waals surface area (Å²) in [4.78, 5) is 0. The number of rotatable bonds is 5. The molecule has 1 aliphatic carbocycles. The third kappa shape index (κ3) is 3.63. The Morgan fingerprint density at radius 2 is 1.80 bits per heavy atom. The normalized spacial score (nSPS) is 23.5. The second kappa shape index (κ2) is 6.76. The lowest BCUT2D eigenvalue weighted by Gasteiger charge is -2.43. The number of aryl methyl sites for hydroxylation is 1. The predicted molar refractivity (Wildman–Crippen MR) is 88.1 cm³/mol. The first-order chi connectivity index (χ1) is 9.56. The third-order valence-electron chi connectivity index (χ3n) is 5.33. The average molecular weight is 273 g/mol. The van der Waals surface area contributed by atoms with Crippen LogP contribution in [0.1, 0.15) is 57.6 Å². The molecule has 20 heavy (non-hydrogen) atoms. The van der Waals surface area contributed by atoms with Crippen LogP contribution in [0.3, 0.4) is 0 Å². The SMILES string of the molecule is CCc1ccc(CC(NC)C2CCCCC2(C)C)cc1. The maximum atomic E-state index is 3.60. The van der Waals surface area contributed by atoms with Gasteiger partial charge < -0.3 is 5.32 Å². The zero-order valence-corrected chi connectivity index (χ0v) is 13.7. The fourth-order valence-corrected chi connectivity index (χ4v) is 3.88. The van der Waals surface area contributed by atoms with Crippen LogP contribution in [-0.4, -0.2) is 13.1 Å². The first kappa shape index (κ1) is 15.6. The van der Waals surface area contributed by atoms with Crippen LogP contribution in [0.15, 0.2) is 24.3 Å². The molecule has 2 atom stereocenters. The molecule has 1 saturated carbocycles. The summed E-state index contributed by atoms with van der Waals surface area (Å²) in [5.41, 5.74) is 3.39. The molecule has 2 rings (SSSR count). The monoisotopic (exact) mass is 273 g/mol. The minimum absolute atomic E-state index is 0.481. The van der Waals surface area contributed by atoms with Crippen LogP contribution in [0.5, 0.6) is 0 Å². The molecule has 1 aromatic rings. The van der Waals surface area contributed by atoms with E-state index in [0.29, 0.717) is 11.5 Å². The van der Waals surface area contributed by atoms with Crippen molar-refractivity contribution in [1.82, 2.24) is 5.32 Å². The van der Waals surface area contributed by atoms with E-state index in [9.17, 15) is 0 Å². The molecule has 1 fully saturated rings. The number of hydrogen-bond acceptors (Lipinski definition) is 1. The van der Waals surface area contributed by atoms with Crippen molar-refractivity contribution in [3.8, 4) is 0 Å². The highest BCUT2D eigenvalue weighted by molar-refractivity contribution is 5.23. The van der Waals surface area contributed by atoms with Crippen LogP contribution >= 0.6 is 0 Å². The van der Waals surface area contributed by atoms with Crippen LogP contribution in [-0.2, 0) is 12.8 Å². The van der Waals surface area contributed by atoms with Crippen molar-refractivity contribution >= 4 is 0 Å². The minimum Gasteiger partial charge on any atom is -0.316 e. The van der Waals surface area contributed by atoms with Crippen molar-refractivity contribution in [1.29, 1.82) is 0 Å². The first-order valence-corrected chi connectivity index (χ1v) is 8.32. The second-order valence-electron chi connectivity index (χ2n) is 7.11. The van der Waals surface area contributed by atoms with E-state index in [1.165, 1.54) is 36.8 Å². The van der Waals surface area contributed by atoms with Crippen molar-refractivity contribution in [2.45, 2.75) is 65.3 Å². The van der Waals surface area contributed by atoms with Gasteiger partial charge in [-0.3, -0.25) is 0 Å². The van der Waals surface area contributed by atoms with E-state index in [1.54, 1.807) is 0 Å². The molecule has 1 N–H and O–H groups in total. The Kier molecular flexibility index (Phi) is 5.26. The Morgan fingerprint density at radius 1 is 1.15 bits per heavy atom. The maximum Gasteiger partial charge on any atom is 0.0138 e. The molecule has 1 heteroatoms. The third-order valence-corrected chi connectivity index (χ3v) is 5.33. The summed E-state index contributed by atoms with van der Waals surface area (Å²) in [7, 11) is 2.13. The number of hydrogen-bond donors (Lipinski definition) is 1. The van der Waals surface area contributed by atoms with Gasteiger partial charge in [-0.05, 0) is 55.2 Å². The highest BCUT2D eigenvalue weighted by atomic mass is 14.9. The lowest BCUT2D eigenvalue weighted by Crippen LogP contribution is -2.44. The van der Waals surface area contributed by atoms with Gasteiger partial charge in [0.15, 0.2) is 0 Å². The molecule has 2 unspecified atom stereocenters. The summed E-state index contributed by atoms with van der Waals surface area (Å²) in [6.07, 6.45) is 7.86. The fourth-order valence-electron chi connectivity index (χ4n) is 3.88. The van der Waals surface area contributed by atoms with E-state index in [-0.39, 0.29) is 0 Å². The molecule has 0 spiro atoms. The van der Waals surface area contributed by atoms with Gasteiger partial charge in [-0.1, -0.05) is 57.9 Å². The van der Waals surface area contributed by atoms with Crippen LogP contribution in [0.2, 0.25) is 0 Å². The predicted octanol–water partition coefficient (Wildman–Crippen LogP) is 4.60. The van der Waals surface area contributed by atoms with E-state index in [2.05, 4.69) is 57.4 Å². The summed E-state index contributed by atoms with van der Waals surface area (Å²) in [6.45, 7) is 7.14. The minimum atomic E-state index is 0.481. The zero-order chi connectivity index (χ0) is 14.6. The summed E-state index contributed by atoms with van der Waals surface area (Å²) in [5, 5.41) is 3.60. The van der Waals surface area contributed by atoms with Gasteiger partial charge in [-0.15, -0.1) is 0 Å². The molecule has 0 heterocycles. The summed E-state index contributed by atoms with van der Waals surface area (Å²) >= 11 is 0. The molecule has 1 nitrogen and oxygen atoms in total. The highest BCUT2D eigenvalue weighted by Gasteiger charge is 2.36. The van der Waals surface area contributed by atoms with Crippen molar-refractivity contribution in [3.63, 3.8) is 0 Å². The van der Waals surface area contributed by atoms with E-state index in [1.807, 2.05) is 0 Å². The van der Waals surface area contributed by atoms with Crippen LogP contribution in [0, 0.1) is 11.3 Å². The Balaban J connectivity index is 2.07. The number of nitrogens with one attached hydrogen (secondary N) is 1. The van der Waals surface area contributed by atoms with Crippen molar-refractivity contribution < 1.29 is 0 Å². The molecule has 0 amide bonds. The quantitative estimate of drug-likeness (QED) is 0.827. The van der Waals surface area contributed by atoms with Gasteiger partial charge in [0.2, 0.25) is 0 Å². The molecular weight excluding hydrogens is 242 g/mol. The highest BCUT2D eigenvalue weighted by Crippen LogP contribution is 2.42. The van der Waals surface area contributed by atoms with Crippen LogP contribution in [0.4, 0.5) is 0 Å². The van der Waals surface area contributed by atoms with E-state index < -0.39 is 0 Å². The Labute approximate surface area is 125 Å². The smallest absolute Gasteiger partial charge is 0.0138 e. The van der Waals surface area contributed by atoms with Gasteiger partial charge in [0, 0.05) is 6.04 Å². The lowest BCUT2D eigenvalue weighted by atomic mass is 9.65. The van der Waals surface area contributed by atoms with Crippen molar-refractivity contribution in [2.75, 3.05) is 7.05 Å². The Morgan fingerprint density at radius 3 is 2.35 bits per heavy atom. The topological polar surface area (TPSA) is 12.0 Å². The molecule has 0 saturated heterocycles. The molecular formula is C19H31N. The van der Waals surface area contributed by atoms with Crippen molar-refractivity contribution in [3.05, 3.63) is 35.4 Å². The van der Waals surface area contributed by atoms with Gasteiger partial charge in [0.05, 0.1) is 0 Å².